The van der Waals surface area contributed by atoms with Crippen LogP contribution in [-0.4, -0.2) is 34.0 Å². The number of nitrogens with zero attached hydrogens (tertiary/aromatic N) is 1. The number of hydrogen-bond donors (Lipinski definition) is 0. The molecule has 62 valence electrons. The fraction of sp³-hybridized carbons (Fsp3) is 0.429. The molecular weight excluding hydrogens is 158 g/mol. The van der Waals surface area contributed by atoms with E-state index in [2.05, 4.69) is 6.55 Å². The zero-order valence-electron chi connectivity index (χ0n) is 7.34. The Labute approximate surface area is 69.5 Å². The minimum atomic E-state index is -0.225. The van der Waals surface area contributed by atoms with Crippen LogP contribution in [0.3, 0.4) is 0 Å². The van der Waals surface area contributed by atoms with Gasteiger partial charge in [0.15, 0.2) is 0 Å². The number of hydrogen-bond acceptors (Lipinski definition) is 2. The lowest BCUT2D eigenvalue weighted by Gasteiger charge is -2.03. The Balaban J connectivity index is 0.000000461. The molecule has 0 fully saturated rings. The van der Waals surface area contributed by atoms with Crippen LogP contribution in [0.1, 0.15) is 6.92 Å². The number of carbonyl (C=O) groups excluding carboxylic acids is 2. The van der Waals surface area contributed by atoms with E-state index in [0.29, 0.717) is 5.57 Å². The maximum absolute atomic E-state index is 10.8. The van der Waals surface area contributed by atoms with Crippen molar-refractivity contribution in [3.63, 3.8) is 0 Å². The van der Waals surface area contributed by atoms with Gasteiger partial charge in [-0.2, -0.15) is 0 Å². The van der Waals surface area contributed by atoms with Crippen molar-refractivity contribution < 1.29 is 9.59 Å². The van der Waals surface area contributed by atoms with Gasteiger partial charge in [-0.3, -0.25) is 14.5 Å². The van der Waals surface area contributed by atoms with Crippen LogP contribution in [0.2, 0.25) is 6.55 Å². The largest absolute Gasteiger partial charge is 0.278 e. The summed E-state index contributed by atoms with van der Waals surface area (Å²) in [6.45, 7) is 3.77. The van der Waals surface area contributed by atoms with E-state index in [1.54, 1.807) is 6.92 Å². The van der Waals surface area contributed by atoms with E-state index in [1.807, 2.05) is 0 Å². The average molecular weight is 171 g/mol. The summed E-state index contributed by atoms with van der Waals surface area (Å²) in [6, 6.07) is 0. The third-order valence-corrected chi connectivity index (χ3v) is 1.31. The van der Waals surface area contributed by atoms with E-state index < -0.39 is 0 Å². The number of carbonyl (C=O) groups is 2. The van der Waals surface area contributed by atoms with Crippen LogP contribution in [-0.2, 0) is 9.59 Å². The van der Waals surface area contributed by atoms with Crippen molar-refractivity contribution in [1.82, 2.24) is 4.90 Å². The molecule has 4 heteroatoms. The third-order valence-electron chi connectivity index (χ3n) is 1.31. The van der Waals surface area contributed by atoms with Crippen molar-refractivity contribution in [2.24, 2.45) is 0 Å². The Morgan fingerprint density at radius 1 is 1.36 bits per heavy atom. The van der Waals surface area contributed by atoms with Crippen LogP contribution < -0.4 is 0 Å². The average Bonchev–Trinajstić information content (AvgIpc) is 2.22. The highest BCUT2D eigenvalue weighted by molar-refractivity contribution is 6.15. The minimum absolute atomic E-state index is 0.194. The maximum Gasteiger partial charge on any atom is 0.256 e. The first-order valence-corrected chi connectivity index (χ1v) is 5.63. The minimum Gasteiger partial charge on any atom is -0.278 e. The van der Waals surface area contributed by atoms with E-state index in [4.69, 9.17) is 0 Å². The molecule has 0 atom stereocenters. The Kier molecular flexibility index (Phi) is 3.74. The second kappa shape index (κ2) is 4.08. The lowest BCUT2D eigenvalue weighted by atomic mass is 10.3. The molecule has 0 saturated carbocycles. The number of rotatable bonds is 0. The lowest BCUT2D eigenvalue weighted by molar-refractivity contribution is -0.135. The molecule has 0 N–H and O–H groups in total. The highest BCUT2D eigenvalue weighted by Crippen LogP contribution is 2.07. The van der Waals surface area contributed by atoms with Gasteiger partial charge in [-0.25, -0.2) is 0 Å². The molecule has 1 aliphatic rings. The second-order valence-corrected chi connectivity index (χ2v) is 2.03. The first-order valence-electron chi connectivity index (χ1n) is 3.63. The van der Waals surface area contributed by atoms with Crippen LogP contribution in [0.15, 0.2) is 11.6 Å². The number of likely N-dealkylation sites (N-methyl/N-ethyl adjacent to an activating group) is 1. The van der Waals surface area contributed by atoms with E-state index >= 15 is 0 Å². The van der Waals surface area contributed by atoms with Gasteiger partial charge in [0.2, 0.25) is 0 Å². The Hall–Kier alpha value is -0.903. The van der Waals surface area contributed by atoms with Gasteiger partial charge in [-0.05, 0) is 17.2 Å². The topological polar surface area (TPSA) is 37.4 Å². The van der Waals surface area contributed by atoms with Crippen LogP contribution in [0.4, 0.5) is 0 Å². The summed E-state index contributed by atoms with van der Waals surface area (Å²) in [5.41, 5.74) is 0.516. The smallest absolute Gasteiger partial charge is 0.256 e. The summed E-state index contributed by atoms with van der Waals surface area (Å²) in [7, 11) is 2.78. The predicted octanol–water partition coefficient (Wildman–Crippen LogP) is -0.669. The van der Waals surface area contributed by atoms with Crippen LogP contribution in [0.25, 0.3) is 0 Å². The van der Waals surface area contributed by atoms with Gasteiger partial charge >= 0.3 is 0 Å². The van der Waals surface area contributed by atoms with E-state index in [1.165, 1.54) is 23.4 Å². The monoisotopic (exact) mass is 171 g/mol. The molecule has 0 bridgehead atoms. The summed E-state index contributed by atoms with van der Waals surface area (Å²) in [6.07, 6.45) is 1.34. The maximum atomic E-state index is 10.8. The quantitative estimate of drug-likeness (QED) is 0.358. The number of imide groups is 1. The van der Waals surface area contributed by atoms with Crippen LogP contribution >= 0.6 is 0 Å². The van der Waals surface area contributed by atoms with Crippen molar-refractivity contribution in [3.05, 3.63) is 11.6 Å². The van der Waals surface area contributed by atoms with Crippen molar-refractivity contribution in [1.29, 1.82) is 0 Å². The molecular formula is C7H13NO2Si. The van der Waals surface area contributed by atoms with Gasteiger partial charge in [0.05, 0.1) is 0 Å². The van der Waals surface area contributed by atoms with Crippen LogP contribution in [0, 0.1) is 0 Å². The van der Waals surface area contributed by atoms with Crippen molar-refractivity contribution >= 4 is 22.1 Å². The molecule has 0 aromatic rings. The molecule has 0 aliphatic carbocycles. The second-order valence-electron chi connectivity index (χ2n) is 2.03. The van der Waals surface area contributed by atoms with Gasteiger partial charge in [0, 0.05) is 18.7 Å². The van der Waals surface area contributed by atoms with Crippen molar-refractivity contribution in [2.45, 2.75) is 13.5 Å². The molecule has 3 nitrogen and oxygen atoms in total. The van der Waals surface area contributed by atoms with Gasteiger partial charge < -0.3 is 0 Å². The molecule has 11 heavy (non-hydrogen) atoms. The summed E-state index contributed by atoms with van der Waals surface area (Å²) in [5.74, 6) is -0.419. The van der Waals surface area contributed by atoms with Gasteiger partial charge in [-0.1, -0.05) is 6.55 Å². The first kappa shape index (κ1) is 10.1. The zero-order valence-corrected chi connectivity index (χ0v) is 9.34. The SMILES string of the molecule is CC1=CC(=O)N(C)C1=O.C[SiH3]. The van der Waals surface area contributed by atoms with E-state index in [0.717, 1.165) is 4.90 Å². The molecule has 0 radical (unpaired) electrons. The first-order chi connectivity index (χ1) is 5.13. The zero-order chi connectivity index (χ0) is 9.02. The van der Waals surface area contributed by atoms with Gasteiger partial charge in [0.1, 0.15) is 0 Å². The van der Waals surface area contributed by atoms with E-state index in [-0.39, 0.29) is 11.8 Å². The molecule has 1 rings (SSSR count). The van der Waals surface area contributed by atoms with Crippen molar-refractivity contribution in [2.75, 3.05) is 7.05 Å². The Morgan fingerprint density at radius 2 is 1.82 bits per heavy atom. The third kappa shape index (κ3) is 2.01. The molecule has 0 aromatic heterocycles. The lowest BCUT2D eigenvalue weighted by Crippen LogP contribution is -2.25. The normalized spacial score (nSPS) is 16.3. The summed E-state index contributed by atoms with van der Waals surface area (Å²) in [5, 5.41) is 0. The molecule has 0 spiro atoms. The molecule has 0 unspecified atom stereocenters. The predicted molar refractivity (Wildman–Crippen MR) is 47.3 cm³/mol. The summed E-state index contributed by atoms with van der Waals surface area (Å²) in [4.78, 5) is 22.5. The van der Waals surface area contributed by atoms with E-state index in [9.17, 15) is 9.59 Å². The fourth-order valence-electron chi connectivity index (χ4n) is 0.708. The standard InChI is InChI=1S/C6H7NO2.CH6Si/c1-4-3-5(8)7(2)6(4)9;1-2/h3H,1-2H3;1-2H3. The molecule has 2 amide bonds. The number of amides is 2. The highest BCUT2D eigenvalue weighted by Gasteiger charge is 2.23. The highest BCUT2D eigenvalue weighted by atomic mass is 28.1. The van der Waals surface area contributed by atoms with Gasteiger partial charge in [-0.15, -0.1) is 0 Å². The summed E-state index contributed by atoms with van der Waals surface area (Å²) < 4.78 is 0. The van der Waals surface area contributed by atoms with Crippen molar-refractivity contribution in [3.8, 4) is 0 Å². The molecule has 0 aromatic carbocycles. The van der Waals surface area contributed by atoms with Gasteiger partial charge in [0.25, 0.3) is 11.8 Å². The molecule has 0 saturated heterocycles. The molecule has 1 aliphatic heterocycles. The fourth-order valence-corrected chi connectivity index (χ4v) is 0.708. The summed E-state index contributed by atoms with van der Waals surface area (Å²) >= 11 is 0. The molecule has 1 heterocycles. The Bertz CT molecular complexity index is 210. The Morgan fingerprint density at radius 3 is 1.91 bits per heavy atom. The van der Waals surface area contributed by atoms with Crippen LogP contribution in [0.5, 0.6) is 0 Å².